The highest BCUT2D eigenvalue weighted by Crippen LogP contribution is 2.46. The number of para-hydroxylation sites is 1. The Hall–Kier alpha value is -5.55. The zero-order valence-electron chi connectivity index (χ0n) is 35.0. The first kappa shape index (κ1) is 40.5. The maximum absolute atomic E-state index is 15.2. The van der Waals surface area contributed by atoms with Crippen LogP contribution < -0.4 is 36.0 Å². The van der Waals surface area contributed by atoms with Crippen LogP contribution in [0.25, 0.3) is 21.8 Å². The average molecular weight is 870 g/mol. The summed E-state index contributed by atoms with van der Waals surface area (Å²) >= 11 is 6.65. The average Bonchev–Trinajstić information content (AvgIpc) is 4.07. The Morgan fingerprint density at radius 3 is 2.47 bits per heavy atom. The second kappa shape index (κ2) is 15.7. The topological polar surface area (TPSA) is 155 Å². The molecule has 0 spiro atoms. The number of alkyl halides is 2. The van der Waals surface area contributed by atoms with Gasteiger partial charge in [-0.25, -0.2) is 13.8 Å². The number of carbonyl (C=O) groups is 2. The number of piperazine rings is 1. The molecule has 2 amide bonds. The highest BCUT2D eigenvalue weighted by atomic mass is 35.5. The summed E-state index contributed by atoms with van der Waals surface area (Å²) in [6.07, 6.45) is 5.87. The summed E-state index contributed by atoms with van der Waals surface area (Å²) in [5.41, 5.74) is 3.86. The van der Waals surface area contributed by atoms with Gasteiger partial charge in [0.15, 0.2) is 12.4 Å². The molecular formula is C44H50ClF2N11O4. The van der Waals surface area contributed by atoms with Crippen LogP contribution in [0.2, 0.25) is 5.02 Å². The van der Waals surface area contributed by atoms with Crippen LogP contribution in [0.5, 0.6) is 5.75 Å². The van der Waals surface area contributed by atoms with Crippen LogP contribution in [-0.4, -0.2) is 105 Å². The second-order valence-electron chi connectivity index (χ2n) is 17.6. The first-order valence-corrected chi connectivity index (χ1v) is 22.0. The maximum Gasteiger partial charge on any atom is 0.301 e. The Bertz CT molecular complexity index is 2650. The van der Waals surface area contributed by atoms with Crippen molar-refractivity contribution in [3.05, 3.63) is 63.7 Å². The van der Waals surface area contributed by atoms with E-state index in [-0.39, 0.29) is 29.2 Å². The molecule has 3 aromatic heterocycles. The van der Waals surface area contributed by atoms with E-state index in [0.717, 1.165) is 74.4 Å². The molecule has 62 heavy (non-hydrogen) atoms. The lowest BCUT2D eigenvalue weighted by Crippen LogP contribution is -2.53. The van der Waals surface area contributed by atoms with Crippen molar-refractivity contribution in [3.8, 4) is 5.75 Å². The quantitative estimate of drug-likeness (QED) is 0.162. The number of fused-ring (bicyclic) bond motifs is 4. The number of carbonyl (C=O) groups excluding carboxylic acids is 2. The van der Waals surface area contributed by atoms with Gasteiger partial charge < -0.3 is 29.7 Å². The fourth-order valence-electron chi connectivity index (χ4n) is 10.1. The number of hydrogen-bond acceptors (Lipinski definition) is 12. The predicted molar refractivity (Wildman–Crippen MR) is 234 cm³/mol. The van der Waals surface area contributed by atoms with E-state index >= 15 is 8.78 Å². The summed E-state index contributed by atoms with van der Waals surface area (Å²) in [6, 6.07) is 10.9. The highest BCUT2D eigenvalue weighted by Gasteiger charge is 2.51. The number of aryl methyl sites for hydroxylation is 2. The van der Waals surface area contributed by atoms with Crippen molar-refractivity contribution < 1.29 is 23.1 Å². The Kier molecular flexibility index (Phi) is 10.2. The van der Waals surface area contributed by atoms with Gasteiger partial charge in [0.05, 0.1) is 46.3 Å². The van der Waals surface area contributed by atoms with Crippen molar-refractivity contribution >= 4 is 74.0 Å². The number of ether oxygens (including phenoxy) is 1. The number of nitrogens with one attached hydrogen (secondary N) is 3. The number of hydrogen-bond donors (Lipinski definition) is 3. The molecule has 0 bridgehead atoms. The number of piperidine rings is 2. The summed E-state index contributed by atoms with van der Waals surface area (Å²) in [5, 5.41) is 15.5. The fraction of sp³-hybridized carbons (Fsp3) is 0.500. The first-order chi connectivity index (χ1) is 29.8. The number of anilines is 5. The molecule has 326 valence electrons. The number of rotatable bonds is 8. The zero-order valence-corrected chi connectivity index (χ0v) is 35.7. The van der Waals surface area contributed by atoms with Crippen LogP contribution in [-0.2, 0) is 23.7 Å². The van der Waals surface area contributed by atoms with E-state index in [1.807, 2.05) is 23.9 Å². The molecule has 2 unspecified atom stereocenters. The largest absolute Gasteiger partial charge is 0.480 e. The lowest BCUT2D eigenvalue weighted by molar-refractivity contribution is -0.134. The smallest absolute Gasteiger partial charge is 0.301 e. The predicted octanol–water partition coefficient (Wildman–Crippen LogP) is 5.78. The number of benzene rings is 2. The van der Waals surface area contributed by atoms with Crippen LogP contribution >= 0.6 is 11.6 Å². The van der Waals surface area contributed by atoms with Gasteiger partial charge in [-0.2, -0.15) is 10.1 Å². The van der Waals surface area contributed by atoms with Gasteiger partial charge in [-0.1, -0.05) is 23.7 Å². The number of nitrogens with zero attached hydrogens (tertiary/aromatic N) is 8. The van der Waals surface area contributed by atoms with E-state index in [1.54, 1.807) is 31.4 Å². The molecule has 0 radical (unpaired) electrons. The summed E-state index contributed by atoms with van der Waals surface area (Å²) in [7, 11) is 3.53. The Morgan fingerprint density at radius 2 is 1.73 bits per heavy atom. The van der Waals surface area contributed by atoms with Crippen molar-refractivity contribution in [2.75, 3.05) is 66.3 Å². The van der Waals surface area contributed by atoms with Crippen LogP contribution in [0.3, 0.4) is 0 Å². The molecule has 18 heteroatoms. The fourth-order valence-corrected chi connectivity index (χ4v) is 10.2. The van der Waals surface area contributed by atoms with Crippen LogP contribution in [0, 0.1) is 11.8 Å². The molecule has 5 aliphatic rings. The minimum Gasteiger partial charge on any atom is -0.480 e. The molecule has 3 atom stereocenters. The van der Waals surface area contributed by atoms with Gasteiger partial charge >= 0.3 is 5.92 Å². The molecule has 4 fully saturated rings. The van der Waals surface area contributed by atoms with Gasteiger partial charge in [0.2, 0.25) is 23.5 Å². The molecule has 10 rings (SSSR count). The number of aromatic nitrogens is 5. The molecular weight excluding hydrogens is 820 g/mol. The van der Waals surface area contributed by atoms with Crippen molar-refractivity contribution in [2.45, 2.75) is 69.4 Å². The van der Waals surface area contributed by atoms with Gasteiger partial charge in [-0.3, -0.25) is 29.3 Å². The van der Waals surface area contributed by atoms with E-state index in [9.17, 15) is 14.4 Å². The maximum atomic E-state index is 15.2. The molecule has 5 aromatic rings. The van der Waals surface area contributed by atoms with Crippen LogP contribution in [0.4, 0.5) is 37.6 Å². The van der Waals surface area contributed by atoms with Crippen molar-refractivity contribution in [1.82, 2.24) is 34.5 Å². The van der Waals surface area contributed by atoms with E-state index in [2.05, 4.69) is 48.6 Å². The SMILES string of the molecule is C[C@@H](C1CCN(c2cccc3c(C4CCC(=O)NC4=O)nn(C)c23)CC1)N1CCN(c2ncc(Cl)c(Nc3ccc4c(c3)c3c(c(=O)n4C)OCC(F)(F)C(C4CC4)N3)n2)CC1. The van der Waals surface area contributed by atoms with Crippen molar-refractivity contribution in [3.63, 3.8) is 0 Å². The minimum absolute atomic E-state index is 0.108. The summed E-state index contributed by atoms with van der Waals surface area (Å²) in [5.74, 6) is -2.87. The van der Waals surface area contributed by atoms with Gasteiger partial charge in [-0.05, 0) is 75.1 Å². The lowest BCUT2D eigenvalue weighted by Gasteiger charge is -2.43. The lowest BCUT2D eigenvalue weighted by atomic mass is 9.88. The molecule has 2 aromatic carbocycles. The molecule has 3 saturated heterocycles. The Labute approximate surface area is 361 Å². The van der Waals surface area contributed by atoms with E-state index in [0.29, 0.717) is 71.0 Å². The van der Waals surface area contributed by atoms with E-state index < -0.39 is 30.0 Å². The van der Waals surface area contributed by atoms with Crippen LogP contribution in [0.15, 0.2) is 47.4 Å². The minimum atomic E-state index is -3.13. The molecule has 4 aliphatic heterocycles. The van der Waals surface area contributed by atoms with Crippen LogP contribution in [0.1, 0.15) is 57.1 Å². The number of pyridine rings is 1. The molecule has 7 heterocycles. The molecule has 1 saturated carbocycles. The van der Waals surface area contributed by atoms with E-state index in [1.165, 1.54) is 4.57 Å². The van der Waals surface area contributed by atoms with E-state index in [4.69, 9.17) is 26.4 Å². The molecule has 15 nitrogen and oxygen atoms in total. The number of halogens is 3. The number of amides is 2. The number of imide groups is 1. The third-order valence-corrected chi connectivity index (χ3v) is 14.1. The summed E-state index contributed by atoms with van der Waals surface area (Å²) < 4.78 is 39.2. The highest BCUT2D eigenvalue weighted by molar-refractivity contribution is 6.33. The normalized spacial score (nSPS) is 22.8. The summed E-state index contributed by atoms with van der Waals surface area (Å²) in [4.78, 5) is 54.4. The standard InChI is InChI=1S/C44H50ClF2N11O4/c1-24(25-13-15-57(16-14-25)33-6-4-5-28-35(53-55(3)37(28)33)29-10-12-34(59)50-41(29)60)56-17-19-58(20-18-56)43-48-22-31(45)40(52-43)49-27-9-11-32-30(21-27)36-38(42(61)54(32)2)62-23-44(46,47)39(51-36)26-7-8-26/h4-6,9,11,21-22,24-26,29,39,51H,7-8,10,12-20,23H2,1-3H3,(H,48,49,52)(H,50,59,60)/t24-,29?,39?/m0/s1. The third-order valence-electron chi connectivity index (χ3n) is 13.8. The van der Waals surface area contributed by atoms with Gasteiger partial charge in [0.25, 0.3) is 5.56 Å². The van der Waals surface area contributed by atoms with Gasteiger partial charge in [0.1, 0.15) is 5.02 Å². The van der Waals surface area contributed by atoms with Gasteiger partial charge in [-0.15, -0.1) is 0 Å². The first-order valence-electron chi connectivity index (χ1n) is 21.6. The van der Waals surface area contributed by atoms with Crippen molar-refractivity contribution in [2.24, 2.45) is 25.9 Å². The third kappa shape index (κ3) is 7.25. The molecule has 1 aliphatic carbocycles. The zero-order chi connectivity index (χ0) is 43.0. The Balaban J connectivity index is 0.790. The summed E-state index contributed by atoms with van der Waals surface area (Å²) in [6.45, 7) is 6.53. The molecule has 3 N–H and O–H groups in total. The van der Waals surface area contributed by atoms with Gasteiger partial charge in [0, 0.05) is 82.3 Å². The van der Waals surface area contributed by atoms with Crippen molar-refractivity contribution in [1.29, 1.82) is 0 Å². The second-order valence-corrected chi connectivity index (χ2v) is 18.0. The monoisotopic (exact) mass is 869 g/mol. The Morgan fingerprint density at radius 1 is 0.952 bits per heavy atom.